The molecule has 0 spiro atoms. The molecule has 0 unspecified atom stereocenters. The normalized spacial score (nSPS) is 11.2. The second kappa shape index (κ2) is 9.56. The quantitative estimate of drug-likeness (QED) is 0.321. The van der Waals surface area contributed by atoms with Crippen molar-refractivity contribution in [2.24, 2.45) is 0 Å². The zero-order valence-electron chi connectivity index (χ0n) is 16.8. The number of aromatic nitrogens is 1. The van der Waals surface area contributed by atoms with Crippen molar-refractivity contribution in [1.82, 2.24) is 9.88 Å². The van der Waals surface area contributed by atoms with Gasteiger partial charge in [-0.3, -0.25) is 0 Å². The number of nitrogens with zero attached hydrogens (tertiary/aromatic N) is 1. The van der Waals surface area contributed by atoms with Gasteiger partial charge >= 0.3 is 5.97 Å². The van der Waals surface area contributed by atoms with Crippen LogP contribution in [0, 0.1) is 0 Å². The van der Waals surface area contributed by atoms with Crippen molar-refractivity contribution >= 4 is 40.1 Å². The van der Waals surface area contributed by atoms with E-state index in [1.807, 2.05) is 77.4 Å². The van der Waals surface area contributed by atoms with Crippen molar-refractivity contribution in [1.29, 1.82) is 0 Å². The van der Waals surface area contributed by atoms with Crippen LogP contribution in [0.3, 0.4) is 0 Å². The molecule has 0 saturated carbocycles. The van der Waals surface area contributed by atoms with E-state index in [1.165, 1.54) is 0 Å². The number of carboxylic acid groups (broad SMARTS) is 1. The standard InChI is InChI=1S/C25H22Cl2N2O2/c26-19-11-9-17(10-12-19)16-29-23-8-4-2-6-20(23)21(24(29)25(30)31)15-28-14-13-18-5-1-3-7-22(18)27/h1-12,28H,13-16H2,(H,30,31). The van der Waals surface area contributed by atoms with Crippen molar-refractivity contribution < 1.29 is 9.90 Å². The average Bonchev–Trinajstić information content (AvgIpc) is 3.07. The van der Waals surface area contributed by atoms with Gasteiger partial charge in [-0.2, -0.15) is 0 Å². The van der Waals surface area contributed by atoms with Gasteiger partial charge in [0.1, 0.15) is 5.69 Å². The molecule has 0 aliphatic rings. The fourth-order valence-corrected chi connectivity index (χ4v) is 4.23. The average molecular weight is 453 g/mol. The van der Waals surface area contributed by atoms with Crippen molar-refractivity contribution in [3.8, 4) is 0 Å². The molecule has 0 aliphatic carbocycles. The smallest absolute Gasteiger partial charge is 0.352 e. The molecule has 0 aliphatic heterocycles. The summed E-state index contributed by atoms with van der Waals surface area (Å²) < 4.78 is 1.87. The molecule has 1 heterocycles. The monoisotopic (exact) mass is 452 g/mol. The van der Waals surface area contributed by atoms with Crippen LogP contribution in [0.25, 0.3) is 10.9 Å². The van der Waals surface area contributed by atoms with E-state index >= 15 is 0 Å². The first-order valence-electron chi connectivity index (χ1n) is 10.1. The van der Waals surface area contributed by atoms with E-state index in [4.69, 9.17) is 23.2 Å². The fraction of sp³-hybridized carbons (Fsp3) is 0.160. The van der Waals surface area contributed by atoms with Gasteiger partial charge in [-0.1, -0.05) is 71.7 Å². The number of carboxylic acids is 1. The summed E-state index contributed by atoms with van der Waals surface area (Å²) in [6.45, 7) is 1.61. The number of benzene rings is 3. The fourth-order valence-electron chi connectivity index (χ4n) is 3.87. The second-order valence-electron chi connectivity index (χ2n) is 7.38. The van der Waals surface area contributed by atoms with E-state index in [0.717, 1.165) is 39.0 Å². The minimum Gasteiger partial charge on any atom is -0.477 e. The summed E-state index contributed by atoms with van der Waals surface area (Å²) in [7, 11) is 0. The number of hydrogen-bond acceptors (Lipinski definition) is 2. The molecule has 0 atom stereocenters. The number of nitrogens with one attached hydrogen (secondary N) is 1. The molecule has 4 nitrogen and oxygen atoms in total. The Labute approximate surface area is 191 Å². The first kappa shape index (κ1) is 21.4. The lowest BCUT2D eigenvalue weighted by Gasteiger charge is -2.10. The van der Waals surface area contributed by atoms with Crippen molar-refractivity contribution in [2.45, 2.75) is 19.5 Å². The minimum atomic E-state index is -0.937. The van der Waals surface area contributed by atoms with Crippen LogP contribution >= 0.6 is 23.2 Å². The van der Waals surface area contributed by atoms with Crippen molar-refractivity contribution in [2.75, 3.05) is 6.54 Å². The Morgan fingerprint density at radius 2 is 1.65 bits per heavy atom. The molecule has 0 bridgehead atoms. The van der Waals surface area contributed by atoms with E-state index in [9.17, 15) is 9.90 Å². The largest absolute Gasteiger partial charge is 0.477 e. The van der Waals surface area contributed by atoms with Crippen molar-refractivity contribution in [3.05, 3.63) is 105 Å². The lowest BCUT2D eigenvalue weighted by molar-refractivity contribution is 0.0685. The van der Waals surface area contributed by atoms with Crippen LogP contribution in [0.15, 0.2) is 72.8 Å². The van der Waals surface area contributed by atoms with Crippen molar-refractivity contribution in [3.63, 3.8) is 0 Å². The van der Waals surface area contributed by atoms with Gasteiger partial charge in [0.05, 0.1) is 0 Å². The van der Waals surface area contributed by atoms with E-state index in [0.29, 0.717) is 30.4 Å². The maximum atomic E-state index is 12.3. The first-order valence-corrected chi connectivity index (χ1v) is 10.8. The number of fused-ring (bicyclic) bond motifs is 1. The number of rotatable bonds is 8. The minimum absolute atomic E-state index is 0.307. The molecule has 0 amide bonds. The molecular formula is C25H22Cl2N2O2. The Morgan fingerprint density at radius 3 is 2.39 bits per heavy atom. The molecule has 3 aromatic carbocycles. The molecule has 6 heteroatoms. The number of halogens is 2. The Hall–Kier alpha value is -2.79. The molecule has 0 fully saturated rings. The van der Waals surface area contributed by atoms with Crippen LogP contribution < -0.4 is 5.32 Å². The van der Waals surface area contributed by atoms with Crippen LogP contribution in [0.1, 0.15) is 27.2 Å². The van der Waals surface area contributed by atoms with Gasteiger partial charge in [-0.05, 0) is 48.4 Å². The molecule has 0 radical (unpaired) electrons. The highest BCUT2D eigenvalue weighted by Gasteiger charge is 2.22. The van der Waals surface area contributed by atoms with Gasteiger partial charge in [-0.25, -0.2) is 4.79 Å². The van der Waals surface area contributed by atoms with Gasteiger partial charge in [0.2, 0.25) is 0 Å². The van der Waals surface area contributed by atoms with Gasteiger partial charge < -0.3 is 15.0 Å². The lowest BCUT2D eigenvalue weighted by atomic mass is 10.1. The third kappa shape index (κ3) is 4.77. The summed E-state index contributed by atoms with van der Waals surface area (Å²) in [5.74, 6) is -0.937. The summed E-state index contributed by atoms with van der Waals surface area (Å²) >= 11 is 12.2. The van der Waals surface area contributed by atoms with Gasteiger partial charge in [0.15, 0.2) is 0 Å². The molecular weight excluding hydrogens is 431 g/mol. The van der Waals surface area contributed by atoms with Gasteiger partial charge in [0.25, 0.3) is 0 Å². The maximum absolute atomic E-state index is 12.3. The summed E-state index contributed by atoms with van der Waals surface area (Å²) in [6, 6.07) is 23.1. The zero-order chi connectivity index (χ0) is 21.8. The highest BCUT2D eigenvalue weighted by atomic mass is 35.5. The number of carbonyl (C=O) groups is 1. The first-order chi connectivity index (χ1) is 15.0. The molecule has 31 heavy (non-hydrogen) atoms. The van der Waals surface area contributed by atoms with E-state index in [-0.39, 0.29) is 0 Å². The van der Waals surface area contributed by atoms with E-state index in [2.05, 4.69) is 5.32 Å². The van der Waals surface area contributed by atoms with Crippen LogP contribution in [-0.4, -0.2) is 22.2 Å². The van der Waals surface area contributed by atoms with Gasteiger partial charge in [-0.15, -0.1) is 0 Å². The highest BCUT2D eigenvalue weighted by molar-refractivity contribution is 6.31. The zero-order valence-corrected chi connectivity index (χ0v) is 18.3. The second-order valence-corrected chi connectivity index (χ2v) is 8.22. The third-order valence-corrected chi connectivity index (χ3v) is 5.98. The van der Waals surface area contributed by atoms with Crippen LogP contribution in [-0.2, 0) is 19.5 Å². The molecule has 1 aromatic heterocycles. The summed E-state index contributed by atoms with van der Waals surface area (Å²) in [4.78, 5) is 12.3. The summed E-state index contributed by atoms with van der Waals surface area (Å²) in [5.41, 5.74) is 4.06. The molecule has 0 saturated heterocycles. The summed E-state index contributed by atoms with van der Waals surface area (Å²) in [5, 5.41) is 15.8. The van der Waals surface area contributed by atoms with Crippen LogP contribution in [0.2, 0.25) is 10.0 Å². The predicted molar refractivity (Wildman–Crippen MR) is 126 cm³/mol. The molecule has 4 rings (SSSR count). The van der Waals surface area contributed by atoms with Crippen LogP contribution in [0.4, 0.5) is 0 Å². The Morgan fingerprint density at radius 1 is 0.935 bits per heavy atom. The van der Waals surface area contributed by atoms with E-state index in [1.54, 1.807) is 0 Å². The summed E-state index contributed by atoms with van der Waals surface area (Å²) in [6.07, 6.45) is 0.769. The third-order valence-electron chi connectivity index (χ3n) is 5.36. The van der Waals surface area contributed by atoms with E-state index < -0.39 is 5.97 Å². The topological polar surface area (TPSA) is 54.3 Å². The molecule has 4 aromatic rings. The molecule has 2 N–H and O–H groups in total. The molecule has 158 valence electrons. The predicted octanol–water partition coefficient (Wildman–Crippen LogP) is 6.03. The Balaban J connectivity index is 1.61. The van der Waals surface area contributed by atoms with Gasteiger partial charge in [0, 0.05) is 39.6 Å². The highest BCUT2D eigenvalue weighted by Crippen LogP contribution is 2.28. The lowest BCUT2D eigenvalue weighted by Crippen LogP contribution is -2.19. The Kier molecular flexibility index (Phi) is 6.62. The maximum Gasteiger partial charge on any atom is 0.352 e. The number of para-hydroxylation sites is 1. The SMILES string of the molecule is O=C(O)c1c(CNCCc2ccccc2Cl)c2ccccc2n1Cc1ccc(Cl)cc1. The number of hydrogen-bond donors (Lipinski definition) is 2. The number of aromatic carboxylic acids is 1. The van der Waals surface area contributed by atoms with Crippen LogP contribution in [0.5, 0.6) is 0 Å². The Bertz CT molecular complexity index is 1220.